The SMILES string of the molecule is CCNC(=O)CN1CCN(C(=O)CNc2ccccc2)CC1.Cl.Cl. The lowest BCUT2D eigenvalue weighted by Gasteiger charge is -2.34. The molecule has 1 saturated heterocycles. The Kier molecular flexibility index (Phi) is 11.2. The summed E-state index contributed by atoms with van der Waals surface area (Å²) in [6.07, 6.45) is 0. The van der Waals surface area contributed by atoms with E-state index in [0.29, 0.717) is 32.7 Å². The van der Waals surface area contributed by atoms with E-state index in [1.165, 1.54) is 0 Å². The van der Waals surface area contributed by atoms with E-state index < -0.39 is 0 Å². The number of benzene rings is 1. The van der Waals surface area contributed by atoms with Crippen LogP contribution in [-0.2, 0) is 9.59 Å². The van der Waals surface area contributed by atoms with Gasteiger partial charge >= 0.3 is 0 Å². The number of rotatable bonds is 6. The number of halogens is 2. The van der Waals surface area contributed by atoms with Crippen LogP contribution < -0.4 is 10.6 Å². The summed E-state index contributed by atoms with van der Waals surface area (Å²) in [5, 5.41) is 5.93. The van der Waals surface area contributed by atoms with Gasteiger partial charge in [0.05, 0.1) is 13.1 Å². The molecule has 1 aromatic carbocycles. The molecule has 0 radical (unpaired) electrons. The highest BCUT2D eigenvalue weighted by atomic mass is 35.5. The zero-order chi connectivity index (χ0) is 15.8. The van der Waals surface area contributed by atoms with Crippen molar-refractivity contribution in [3.8, 4) is 0 Å². The molecule has 2 rings (SSSR count). The van der Waals surface area contributed by atoms with Gasteiger partial charge in [0.25, 0.3) is 0 Å². The predicted molar refractivity (Wildman–Crippen MR) is 101 cm³/mol. The van der Waals surface area contributed by atoms with Crippen LogP contribution in [0, 0.1) is 0 Å². The van der Waals surface area contributed by atoms with E-state index in [0.717, 1.165) is 18.8 Å². The number of carbonyl (C=O) groups is 2. The van der Waals surface area contributed by atoms with Crippen molar-refractivity contribution in [2.45, 2.75) is 6.92 Å². The minimum atomic E-state index is 0. The third kappa shape index (κ3) is 7.38. The summed E-state index contributed by atoms with van der Waals surface area (Å²) in [4.78, 5) is 27.6. The summed E-state index contributed by atoms with van der Waals surface area (Å²) >= 11 is 0. The Morgan fingerprint density at radius 2 is 1.67 bits per heavy atom. The standard InChI is InChI=1S/C16H24N4O2.2ClH/c1-2-17-15(21)13-19-8-10-20(11-9-19)16(22)12-18-14-6-4-3-5-7-14;;/h3-7,18H,2,8-13H2,1H3,(H,17,21);2*1H. The molecule has 8 heteroatoms. The van der Waals surface area contributed by atoms with Crippen molar-refractivity contribution in [3.63, 3.8) is 0 Å². The molecule has 1 fully saturated rings. The molecule has 1 aliphatic rings. The number of para-hydroxylation sites is 1. The predicted octanol–water partition coefficient (Wildman–Crippen LogP) is 1.22. The Morgan fingerprint density at radius 1 is 1.04 bits per heavy atom. The van der Waals surface area contributed by atoms with E-state index in [-0.39, 0.29) is 36.6 Å². The van der Waals surface area contributed by atoms with Crippen molar-refractivity contribution in [1.29, 1.82) is 0 Å². The lowest BCUT2D eigenvalue weighted by molar-refractivity contribution is -0.131. The summed E-state index contributed by atoms with van der Waals surface area (Å²) in [7, 11) is 0. The van der Waals surface area contributed by atoms with Gasteiger partial charge in [0.2, 0.25) is 11.8 Å². The second-order valence-electron chi connectivity index (χ2n) is 5.33. The van der Waals surface area contributed by atoms with Gasteiger partial charge in [-0.3, -0.25) is 14.5 Å². The number of hydrogen-bond acceptors (Lipinski definition) is 4. The number of likely N-dealkylation sites (N-methyl/N-ethyl adjacent to an activating group) is 1. The summed E-state index contributed by atoms with van der Waals surface area (Å²) in [6, 6.07) is 9.70. The van der Waals surface area contributed by atoms with Crippen LogP contribution in [0.2, 0.25) is 0 Å². The van der Waals surface area contributed by atoms with Gasteiger partial charge in [-0.2, -0.15) is 0 Å². The summed E-state index contributed by atoms with van der Waals surface area (Å²) < 4.78 is 0. The molecule has 0 bridgehead atoms. The number of amides is 2. The van der Waals surface area contributed by atoms with E-state index in [4.69, 9.17) is 0 Å². The lowest BCUT2D eigenvalue weighted by atomic mass is 10.3. The zero-order valence-corrected chi connectivity index (χ0v) is 15.5. The smallest absolute Gasteiger partial charge is 0.241 e. The van der Waals surface area contributed by atoms with Crippen LogP contribution in [0.5, 0.6) is 0 Å². The van der Waals surface area contributed by atoms with Crippen LogP contribution in [0.4, 0.5) is 5.69 Å². The zero-order valence-electron chi connectivity index (χ0n) is 13.9. The molecule has 0 saturated carbocycles. The van der Waals surface area contributed by atoms with E-state index >= 15 is 0 Å². The molecule has 2 amide bonds. The minimum Gasteiger partial charge on any atom is -0.376 e. The van der Waals surface area contributed by atoms with Crippen molar-refractivity contribution in [2.24, 2.45) is 0 Å². The first-order valence-corrected chi connectivity index (χ1v) is 7.74. The van der Waals surface area contributed by atoms with Gasteiger partial charge in [-0.1, -0.05) is 18.2 Å². The molecule has 24 heavy (non-hydrogen) atoms. The molecular weight excluding hydrogens is 351 g/mol. The van der Waals surface area contributed by atoms with Crippen LogP contribution in [0.1, 0.15) is 6.92 Å². The molecule has 0 atom stereocenters. The average Bonchev–Trinajstić information content (AvgIpc) is 2.54. The number of anilines is 1. The quantitative estimate of drug-likeness (QED) is 0.783. The molecule has 6 nitrogen and oxygen atoms in total. The van der Waals surface area contributed by atoms with Crippen molar-refractivity contribution in [1.82, 2.24) is 15.1 Å². The number of piperazine rings is 1. The molecule has 136 valence electrons. The Morgan fingerprint density at radius 3 is 2.25 bits per heavy atom. The van der Waals surface area contributed by atoms with E-state index in [2.05, 4.69) is 15.5 Å². The fraction of sp³-hybridized carbons (Fsp3) is 0.500. The number of nitrogens with zero attached hydrogens (tertiary/aromatic N) is 2. The van der Waals surface area contributed by atoms with Gasteiger partial charge in [0.15, 0.2) is 0 Å². The summed E-state index contributed by atoms with van der Waals surface area (Å²) in [5.41, 5.74) is 0.950. The maximum atomic E-state index is 12.2. The largest absolute Gasteiger partial charge is 0.376 e. The molecule has 0 spiro atoms. The third-order valence-corrected chi connectivity index (χ3v) is 3.68. The number of nitrogens with one attached hydrogen (secondary N) is 2. The van der Waals surface area contributed by atoms with Crippen molar-refractivity contribution >= 4 is 42.3 Å². The van der Waals surface area contributed by atoms with Crippen LogP contribution in [0.15, 0.2) is 30.3 Å². The molecule has 1 aliphatic heterocycles. The average molecular weight is 377 g/mol. The van der Waals surface area contributed by atoms with E-state index in [1.807, 2.05) is 42.2 Å². The molecule has 0 aliphatic carbocycles. The van der Waals surface area contributed by atoms with Crippen molar-refractivity contribution in [2.75, 3.05) is 51.1 Å². The fourth-order valence-electron chi connectivity index (χ4n) is 2.46. The number of carbonyl (C=O) groups excluding carboxylic acids is 2. The third-order valence-electron chi connectivity index (χ3n) is 3.68. The van der Waals surface area contributed by atoms with Crippen LogP contribution in [0.25, 0.3) is 0 Å². The molecule has 1 aromatic rings. The highest BCUT2D eigenvalue weighted by molar-refractivity contribution is 5.85. The Bertz CT molecular complexity index is 494. The molecule has 2 N–H and O–H groups in total. The van der Waals surface area contributed by atoms with Crippen LogP contribution in [-0.4, -0.2) is 67.4 Å². The minimum absolute atomic E-state index is 0. The van der Waals surface area contributed by atoms with Crippen LogP contribution >= 0.6 is 24.8 Å². The summed E-state index contributed by atoms with van der Waals surface area (Å²) in [5.74, 6) is 0.148. The highest BCUT2D eigenvalue weighted by Gasteiger charge is 2.21. The van der Waals surface area contributed by atoms with Crippen molar-refractivity contribution < 1.29 is 9.59 Å². The van der Waals surface area contributed by atoms with Gasteiger partial charge in [-0.25, -0.2) is 0 Å². The first-order chi connectivity index (χ1) is 10.7. The van der Waals surface area contributed by atoms with E-state index in [9.17, 15) is 9.59 Å². The fourth-order valence-corrected chi connectivity index (χ4v) is 2.46. The first kappa shape index (κ1) is 22.5. The van der Waals surface area contributed by atoms with Crippen LogP contribution in [0.3, 0.4) is 0 Å². The Balaban J connectivity index is 0.00000264. The molecule has 1 heterocycles. The summed E-state index contributed by atoms with van der Waals surface area (Å²) in [6.45, 7) is 6.13. The van der Waals surface area contributed by atoms with Gasteiger partial charge in [-0.05, 0) is 19.1 Å². The normalized spacial score (nSPS) is 14.1. The topological polar surface area (TPSA) is 64.7 Å². The monoisotopic (exact) mass is 376 g/mol. The second-order valence-corrected chi connectivity index (χ2v) is 5.33. The number of hydrogen-bond donors (Lipinski definition) is 2. The van der Waals surface area contributed by atoms with Gasteiger partial charge in [0.1, 0.15) is 0 Å². The van der Waals surface area contributed by atoms with Gasteiger partial charge in [-0.15, -0.1) is 24.8 Å². The van der Waals surface area contributed by atoms with Gasteiger partial charge < -0.3 is 15.5 Å². The Hall–Kier alpha value is -1.50. The lowest BCUT2D eigenvalue weighted by Crippen LogP contribution is -2.52. The second kappa shape index (κ2) is 11.9. The maximum absolute atomic E-state index is 12.2. The van der Waals surface area contributed by atoms with Crippen molar-refractivity contribution in [3.05, 3.63) is 30.3 Å². The Labute approximate surface area is 155 Å². The van der Waals surface area contributed by atoms with Gasteiger partial charge in [0, 0.05) is 38.4 Å². The first-order valence-electron chi connectivity index (χ1n) is 7.74. The molecular formula is C16H26Cl2N4O2. The highest BCUT2D eigenvalue weighted by Crippen LogP contribution is 2.06. The maximum Gasteiger partial charge on any atom is 0.241 e. The van der Waals surface area contributed by atoms with E-state index in [1.54, 1.807) is 0 Å². The molecule has 0 aromatic heterocycles. The molecule has 0 unspecified atom stereocenters.